The molecule has 0 aromatic heterocycles. The second kappa shape index (κ2) is 6.04. The third-order valence-corrected chi connectivity index (χ3v) is 3.73. The molecule has 1 aliphatic heterocycles. The topological polar surface area (TPSA) is 96.3 Å². The van der Waals surface area contributed by atoms with Crippen molar-refractivity contribution < 1.29 is 28.4 Å². The van der Waals surface area contributed by atoms with Gasteiger partial charge >= 0.3 is 13.8 Å². The molecule has 0 spiro atoms. The van der Waals surface area contributed by atoms with Crippen molar-refractivity contribution >= 4 is 25.2 Å². The molecule has 2 aromatic rings. The van der Waals surface area contributed by atoms with E-state index in [0.29, 0.717) is 11.5 Å². The van der Waals surface area contributed by atoms with Crippen molar-refractivity contribution in [2.24, 2.45) is 0 Å². The lowest BCUT2D eigenvalue weighted by atomic mass is 10.1. The third-order valence-electron chi connectivity index (χ3n) is 3.29. The Balaban J connectivity index is 1.84. The highest BCUT2D eigenvalue weighted by Crippen LogP contribution is 2.46. The molecule has 2 N–H and O–H groups in total. The van der Waals surface area contributed by atoms with Gasteiger partial charge in [-0.1, -0.05) is 24.3 Å². The molecule has 0 fully saturated rings. The molecule has 0 unspecified atom stereocenters. The summed E-state index contributed by atoms with van der Waals surface area (Å²) in [6.07, 6.45) is -0.173. The van der Waals surface area contributed by atoms with Gasteiger partial charge < -0.3 is 14.2 Å². The second-order valence-electron chi connectivity index (χ2n) is 4.89. The zero-order chi connectivity index (χ0) is 16.4. The molecule has 2 aromatic carbocycles. The minimum absolute atomic E-state index is 0.173. The van der Waals surface area contributed by atoms with Gasteiger partial charge in [0.1, 0.15) is 0 Å². The summed E-state index contributed by atoms with van der Waals surface area (Å²) in [5.74, 6) is 0.337. The van der Waals surface area contributed by atoms with E-state index in [-0.39, 0.29) is 13.0 Å². The zero-order valence-corrected chi connectivity index (χ0v) is 12.8. The molecule has 0 atom stereocenters. The summed E-state index contributed by atoms with van der Waals surface area (Å²) in [5.41, 5.74) is 1.55. The smallest absolute Gasteiger partial charge is 0.453 e. The molecule has 1 heterocycles. The number of hydrogen-bond donors (Lipinski definition) is 2. The van der Waals surface area contributed by atoms with E-state index < -0.39 is 13.8 Å². The molecule has 8 heteroatoms. The van der Waals surface area contributed by atoms with Crippen molar-refractivity contribution in [3.05, 3.63) is 48.5 Å². The summed E-state index contributed by atoms with van der Waals surface area (Å²) < 4.78 is 20.6. The van der Waals surface area contributed by atoms with Gasteiger partial charge in [0.25, 0.3) is 0 Å². The number of rotatable bonds is 4. The van der Waals surface area contributed by atoms with Crippen molar-refractivity contribution in [1.29, 1.82) is 0 Å². The van der Waals surface area contributed by atoms with Gasteiger partial charge in [0.05, 0.1) is 17.8 Å². The van der Waals surface area contributed by atoms with Crippen LogP contribution in [0, 0.1) is 0 Å². The number of ether oxygens (including phenoxy) is 1. The van der Waals surface area contributed by atoms with E-state index in [0.717, 1.165) is 11.4 Å². The molecule has 23 heavy (non-hydrogen) atoms. The molecule has 0 radical (unpaired) electrons. The first-order valence-electron chi connectivity index (χ1n) is 6.85. The largest absolute Gasteiger partial charge is 0.526 e. The first-order chi connectivity index (χ1) is 10.9. The highest BCUT2D eigenvalue weighted by atomic mass is 31.2. The number of nitrogens with zero attached hydrogens (tertiary/aromatic N) is 1. The molecule has 1 aliphatic rings. The van der Waals surface area contributed by atoms with E-state index in [1.165, 1.54) is 0 Å². The van der Waals surface area contributed by atoms with Crippen molar-refractivity contribution in [1.82, 2.24) is 0 Å². The maximum Gasteiger partial charge on any atom is 0.526 e. The average molecular weight is 335 g/mol. The van der Waals surface area contributed by atoms with Crippen LogP contribution in [0.3, 0.4) is 0 Å². The molecule has 0 amide bonds. The van der Waals surface area contributed by atoms with E-state index in [1.807, 2.05) is 53.4 Å². The fourth-order valence-electron chi connectivity index (χ4n) is 2.40. The van der Waals surface area contributed by atoms with Crippen LogP contribution in [-0.4, -0.2) is 22.3 Å². The quantitative estimate of drug-likeness (QED) is 0.829. The molecule has 7 nitrogen and oxygen atoms in total. The van der Waals surface area contributed by atoms with Crippen LogP contribution in [0.1, 0.15) is 6.42 Å². The van der Waals surface area contributed by atoms with Gasteiger partial charge in [-0.3, -0.25) is 14.6 Å². The lowest BCUT2D eigenvalue weighted by Crippen LogP contribution is -2.24. The first-order valence-corrected chi connectivity index (χ1v) is 8.38. The number of phosphoric acid groups is 1. The van der Waals surface area contributed by atoms with Gasteiger partial charge in [0, 0.05) is 6.54 Å². The van der Waals surface area contributed by atoms with Gasteiger partial charge in [0.2, 0.25) is 0 Å². The molecular formula is C15H14NO6P. The Bertz CT molecular complexity index is 742. The molecule has 120 valence electrons. The number of anilines is 2. The predicted octanol–water partition coefficient (Wildman–Crippen LogP) is 2.96. The predicted molar refractivity (Wildman–Crippen MR) is 82.7 cm³/mol. The van der Waals surface area contributed by atoms with Gasteiger partial charge in [-0.2, -0.15) is 0 Å². The van der Waals surface area contributed by atoms with Crippen LogP contribution in [-0.2, 0) is 13.9 Å². The summed E-state index contributed by atoms with van der Waals surface area (Å²) in [5, 5.41) is 0. The van der Waals surface area contributed by atoms with E-state index >= 15 is 0 Å². The molecule has 0 aliphatic carbocycles. The number of benzene rings is 2. The van der Waals surface area contributed by atoms with Crippen LogP contribution in [0.2, 0.25) is 0 Å². The first kappa shape index (κ1) is 15.6. The second-order valence-corrected chi connectivity index (χ2v) is 6.06. The molecular weight excluding hydrogens is 321 g/mol. The molecule has 0 bridgehead atoms. The van der Waals surface area contributed by atoms with Crippen molar-refractivity contribution in [2.45, 2.75) is 6.42 Å². The number of carbonyl (C=O) groups excluding carboxylic acids is 1. The van der Waals surface area contributed by atoms with Crippen molar-refractivity contribution in [2.75, 3.05) is 11.4 Å². The van der Waals surface area contributed by atoms with Gasteiger partial charge in [-0.25, -0.2) is 4.57 Å². The van der Waals surface area contributed by atoms with Crippen LogP contribution in [0.4, 0.5) is 11.4 Å². The van der Waals surface area contributed by atoms with Gasteiger partial charge in [-0.05, 0) is 24.3 Å². The van der Waals surface area contributed by atoms with E-state index in [2.05, 4.69) is 4.52 Å². The molecule has 0 saturated heterocycles. The van der Waals surface area contributed by atoms with Crippen LogP contribution < -0.4 is 9.64 Å². The van der Waals surface area contributed by atoms with Crippen LogP contribution in [0.15, 0.2) is 48.5 Å². The standard InChI is InChI=1S/C15H14NO6P/c17-15(22-23(18,19)20)9-10-16-11-5-1-3-7-13(11)21-14-8-4-2-6-12(14)16/h1-8H,9-10H2,(H2,18,19,20). The summed E-state index contributed by atoms with van der Waals surface area (Å²) in [6.45, 7) is 0.205. The molecule has 0 saturated carbocycles. The van der Waals surface area contributed by atoms with Gasteiger partial charge in [-0.15, -0.1) is 0 Å². The summed E-state index contributed by atoms with van der Waals surface area (Å²) in [7, 11) is -4.82. The summed E-state index contributed by atoms with van der Waals surface area (Å²) in [4.78, 5) is 30.8. The van der Waals surface area contributed by atoms with E-state index in [1.54, 1.807) is 0 Å². The number of phosphoric ester groups is 1. The minimum Gasteiger partial charge on any atom is -0.453 e. The van der Waals surface area contributed by atoms with E-state index in [9.17, 15) is 9.36 Å². The van der Waals surface area contributed by atoms with Gasteiger partial charge in [0.15, 0.2) is 11.5 Å². The normalized spacial score (nSPS) is 12.9. The maximum absolute atomic E-state index is 11.6. The lowest BCUT2D eigenvalue weighted by molar-refractivity contribution is -0.135. The van der Waals surface area contributed by atoms with Crippen LogP contribution in [0.25, 0.3) is 0 Å². The third kappa shape index (κ3) is 3.53. The lowest BCUT2D eigenvalue weighted by Gasteiger charge is -2.32. The average Bonchev–Trinajstić information content (AvgIpc) is 2.49. The summed E-state index contributed by atoms with van der Waals surface area (Å²) in [6, 6.07) is 14.7. The van der Waals surface area contributed by atoms with Crippen molar-refractivity contribution in [3.63, 3.8) is 0 Å². The SMILES string of the molecule is O=C(CCN1c2ccccc2Oc2ccccc21)OP(=O)(O)O. The number of para-hydroxylation sites is 4. The zero-order valence-electron chi connectivity index (χ0n) is 12.0. The fourth-order valence-corrected chi connectivity index (χ4v) is 2.76. The Labute approximate surface area is 132 Å². The number of fused-ring (bicyclic) bond motifs is 2. The van der Waals surface area contributed by atoms with E-state index in [4.69, 9.17) is 14.5 Å². The number of hydrogen-bond acceptors (Lipinski definition) is 5. The Kier molecular flexibility index (Phi) is 4.09. The fraction of sp³-hybridized carbons (Fsp3) is 0.133. The minimum atomic E-state index is -4.82. The van der Waals surface area contributed by atoms with Crippen LogP contribution >= 0.6 is 7.82 Å². The highest BCUT2D eigenvalue weighted by molar-refractivity contribution is 7.46. The monoisotopic (exact) mass is 335 g/mol. The highest BCUT2D eigenvalue weighted by Gasteiger charge is 2.26. The van der Waals surface area contributed by atoms with Crippen LogP contribution in [0.5, 0.6) is 11.5 Å². The Morgan fingerprint density at radius 2 is 1.57 bits per heavy atom. The summed E-state index contributed by atoms with van der Waals surface area (Å²) >= 11 is 0. The molecule has 3 rings (SSSR count). The Morgan fingerprint density at radius 1 is 1.04 bits per heavy atom. The number of carbonyl (C=O) groups is 1. The van der Waals surface area contributed by atoms with Crippen molar-refractivity contribution in [3.8, 4) is 11.5 Å². The Hall–Kier alpha value is -2.34. The Morgan fingerprint density at radius 3 is 2.09 bits per heavy atom. The maximum atomic E-state index is 11.6.